The standard InChI is InChI=1S/C46H83NO7/c1-6-8-10-12-14-15-16-17-18-19-20-21-22-23-24-25-26-27-28-29-31-32-34-36-44(48)53-41-42(40-52-39-38-43(46(50)51)47(3,4)5)54-45(49)37-35-33-30-13-11-9-7-2/h8,10,14-15,17-18,42-43H,6-7,9,11-13,16,19-41H2,1-5H3/b10-8+,15-14+,18-17+. The first-order valence-corrected chi connectivity index (χ1v) is 22.0. The summed E-state index contributed by atoms with van der Waals surface area (Å²) in [6.07, 6.45) is 41.9. The number of hydrogen-bond donors (Lipinski definition) is 0. The summed E-state index contributed by atoms with van der Waals surface area (Å²) in [6, 6.07) is -0.722. The molecule has 0 N–H and O–H groups in total. The van der Waals surface area contributed by atoms with Gasteiger partial charge in [0, 0.05) is 19.3 Å². The number of carbonyl (C=O) groups excluding carboxylic acids is 3. The average molecular weight is 762 g/mol. The van der Waals surface area contributed by atoms with E-state index in [1.54, 1.807) is 21.1 Å². The minimum Gasteiger partial charge on any atom is -0.544 e. The molecule has 0 bridgehead atoms. The van der Waals surface area contributed by atoms with E-state index in [0.29, 0.717) is 12.8 Å². The van der Waals surface area contributed by atoms with Gasteiger partial charge in [-0.15, -0.1) is 0 Å². The van der Waals surface area contributed by atoms with E-state index >= 15 is 0 Å². The molecular formula is C46H83NO7. The lowest BCUT2D eigenvalue weighted by molar-refractivity contribution is -0.889. The molecule has 0 heterocycles. The molecule has 8 nitrogen and oxygen atoms in total. The van der Waals surface area contributed by atoms with Gasteiger partial charge >= 0.3 is 11.9 Å². The van der Waals surface area contributed by atoms with E-state index < -0.39 is 18.1 Å². The minimum absolute atomic E-state index is 0.0428. The summed E-state index contributed by atoms with van der Waals surface area (Å²) in [6.45, 7) is 4.51. The van der Waals surface area contributed by atoms with Crippen molar-refractivity contribution in [3.63, 3.8) is 0 Å². The first kappa shape index (κ1) is 51.5. The highest BCUT2D eigenvalue weighted by molar-refractivity contribution is 5.70. The fourth-order valence-corrected chi connectivity index (χ4v) is 6.38. The SMILES string of the molecule is CC/C=C/C/C=C/C/C=C/CCCCCCCCCCCCCCCC(=O)OCC(COCCC(C(=O)[O-])[N+](C)(C)C)OC(=O)CCCCCCCCC. The number of unbranched alkanes of at least 4 members (excludes halogenated alkanes) is 19. The Morgan fingerprint density at radius 1 is 0.574 bits per heavy atom. The summed E-state index contributed by atoms with van der Waals surface area (Å²) < 4.78 is 17.1. The van der Waals surface area contributed by atoms with Gasteiger partial charge in [0.15, 0.2) is 6.10 Å². The Hall–Kier alpha value is -2.45. The monoisotopic (exact) mass is 762 g/mol. The normalized spacial score (nSPS) is 13.3. The van der Waals surface area contributed by atoms with Crippen molar-refractivity contribution in [2.24, 2.45) is 0 Å². The number of nitrogens with zero attached hydrogens (tertiary/aromatic N) is 1. The maximum atomic E-state index is 12.6. The molecule has 0 spiro atoms. The molecule has 0 saturated heterocycles. The first-order chi connectivity index (χ1) is 26.1. The van der Waals surface area contributed by atoms with Gasteiger partial charge in [-0.05, 0) is 44.9 Å². The van der Waals surface area contributed by atoms with E-state index in [2.05, 4.69) is 50.3 Å². The molecule has 0 fully saturated rings. The van der Waals surface area contributed by atoms with E-state index in [9.17, 15) is 19.5 Å². The molecule has 0 aliphatic carbocycles. The molecule has 0 aromatic heterocycles. The molecule has 0 aromatic rings. The summed E-state index contributed by atoms with van der Waals surface area (Å²) >= 11 is 0. The second kappa shape index (κ2) is 37.5. The van der Waals surface area contributed by atoms with Crippen molar-refractivity contribution in [3.8, 4) is 0 Å². The van der Waals surface area contributed by atoms with Crippen LogP contribution in [0.15, 0.2) is 36.5 Å². The van der Waals surface area contributed by atoms with E-state index in [4.69, 9.17) is 14.2 Å². The highest BCUT2D eigenvalue weighted by Crippen LogP contribution is 2.15. The number of quaternary nitrogens is 1. The molecule has 54 heavy (non-hydrogen) atoms. The van der Waals surface area contributed by atoms with Gasteiger partial charge in [-0.2, -0.15) is 0 Å². The lowest BCUT2D eigenvalue weighted by atomic mass is 10.0. The third-order valence-corrected chi connectivity index (χ3v) is 9.79. The van der Waals surface area contributed by atoms with Crippen molar-refractivity contribution < 1.29 is 38.2 Å². The molecule has 2 unspecified atom stereocenters. The van der Waals surface area contributed by atoms with Gasteiger partial charge in [-0.3, -0.25) is 9.59 Å². The molecule has 0 aromatic carbocycles. The Bertz CT molecular complexity index is 984. The first-order valence-electron chi connectivity index (χ1n) is 22.0. The molecule has 8 heteroatoms. The maximum Gasteiger partial charge on any atom is 0.306 e. The Morgan fingerprint density at radius 2 is 1.04 bits per heavy atom. The van der Waals surface area contributed by atoms with Gasteiger partial charge < -0.3 is 28.6 Å². The van der Waals surface area contributed by atoms with Crippen LogP contribution in [0.3, 0.4) is 0 Å². The van der Waals surface area contributed by atoms with E-state index in [1.165, 1.54) is 96.3 Å². The van der Waals surface area contributed by atoms with Crippen LogP contribution in [0.4, 0.5) is 0 Å². The zero-order chi connectivity index (χ0) is 40.0. The third kappa shape index (κ3) is 35.3. The van der Waals surface area contributed by atoms with Crippen molar-refractivity contribution in [1.82, 2.24) is 0 Å². The topological polar surface area (TPSA) is 102 Å². The van der Waals surface area contributed by atoms with Crippen LogP contribution in [0.5, 0.6) is 0 Å². The fraction of sp³-hybridized carbons (Fsp3) is 0.804. The van der Waals surface area contributed by atoms with Crippen molar-refractivity contribution in [2.45, 2.75) is 199 Å². The Kier molecular flexibility index (Phi) is 35.8. The van der Waals surface area contributed by atoms with Crippen molar-refractivity contribution in [2.75, 3.05) is 41.0 Å². The fourth-order valence-electron chi connectivity index (χ4n) is 6.38. The highest BCUT2D eigenvalue weighted by atomic mass is 16.6. The number of esters is 2. The lowest BCUT2D eigenvalue weighted by Gasteiger charge is -2.34. The van der Waals surface area contributed by atoms with E-state index in [0.717, 1.165) is 57.8 Å². The van der Waals surface area contributed by atoms with Gasteiger partial charge in [-0.1, -0.05) is 159 Å². The molecule has 2 atom stereocenters. The second-order valence-corrected chi connectivity index (χ2v) is 15.9. The van der Waals surface area contributed by atoms with Crippen LogP contribution in [0.2, 0.25) is 0 Å². The number of carboxylic acids is 1. The molecule has 0 amide bonds. The number of carbonyl (C=O) groups is 3. The summed E-state index contributed by atoms with van der Waals surface area (Å²) in [7, 11) is 5.40. The number of ether oxygens (including phenoxy) is 3. The Labute approximate surface area is 332 Å². The second-order valence-electron chi connectivity index (χ2n) is 15.9. The molecule has 314 valence electrons. The van der Waals surface area contributed by atoms with Crippen molar-refractivity contribution >= 4 is 17.9 Å². The summed E-state index contributed by atoms with van der Waals surface area (Å²) in [5, 5.41) is 11.6. The van der Waals surface area contributed by atoms with Crippen LogP contribution in [0.25, 0.3) is 0 Å². The summed E-state index contributed by atoms with van der Waals surface area (Å²) in [5.74, 6) is -1.74. The molecule has 0 aliphatic heterocycles. The Balaban J connectivity index is 4.09. The van der Waals surface area contributed by atoms with Gasteiger partial charge in [0.2, 0.25) is 0 Å². The lowest BCUT2D eigenvalue weighted by Crippen LogP contribution is -2.55. The molecular weight excluding hydrogens is 679 g/mol. The summed E-state index contributed by atoms with van der Waals surface area (Å²) in [5.41, 5.74) is 0. The largest absolute Gasteiger partial charge is 0.544 e. The molecule has 0 aliphatic rings. The number of carboxylic acid groups (broad SMARTS) is 1. The van der Waals surface area contributed by atoms with Crippen LogP contribution in [0.1, 0.15) is 187 Å². The quantitative estimate of drug-likeness (QED) is 0.0266. The average Bonchev–Trinajstić information content (AvgIpc) is 3.12. The smallest absolute Gasteiger partial charge is 0.306 e. The van der Waals surface area contributed by atoms with Crippen LogP contribution in [0, 0.1) is 0 Å². The molecule has 0 radical (unpaired) electrons. The van der Waals surface area contributed by atoms with E-state index in [1.807, 2.05) is 0 Å². The van der Waals surface area contributed by atoms with E-state index in [-0.39, 0.29) is 42.7 Å². The number of aliphatic carboxylic acids is 1. The highest BCUT2D eigenvalue weighted by Gasteiger charge is 2.25. The third-order valence-electron chi connectivity index (χ3n) is 9.79. The van der Waals surface area contributed by atoms with Crippen LogP contribution >= 0.6 is 0 Å². The van der Waals surface area contributed by atoms with Gasteiger partial charge in [-0.25, -0.2) is 0 Å². The maximum absolute atomic E-state index is 12.6. The predicted octanol–water partition coefficient (Wildman–Crippen LogP) is 10.5. The van der Waals surface area contributed by atoms with Crippen LogP contribution < -0.4 is 5.11 Å². The number of allylic oxidation sites excluding steroid dienone is 6. The van der Waals surface area contributed by atoms with Crippen molar-refractivity contribution in [1.29, 1.82) is 0 Å². The van der Waals surface area contributed by atoms with Gasteiger partial charge in [0.1, 0.15) is 12.6 Å². The number of rotatable bonds is 39. The Morgan fingerprint density at radius 3 is 1.54 bits per heavy atom. The number of hydrogen-bond acceptors (Lipinski definition) is 7. The summed E-state index contributed by atoms with van der Waals surface area (Å²) in [4.78, 5) is 36.6. The zero-order valence-corrected chi connectivity index (χ0v) is 35.6. The van der Waals surface area contributed by atoms with Gasteiger partial charge in [0.25, 0.3) is 0 Å². The molecule has 0 rings (SSSR count). The van der Waals surface area contributed by atoms with Gasteiger partial charge in [0.05, 0.1) is 40.3 Å². The molecule has 0 saturated carbocycles. The minimum atomic E-state index is -1.13. The predicted molar refractivity (Wildman–Crippen MR) is 222 cm³/mol. The van der Waals surface area contributed by atoms with Crippen molar-refractivity contribution in [3.05, 3.63) is 36.5 Å². The number of likely N-dealkylation sites (N-methyl/N-ethyl adjacent to an activating group) is 1. The van der Waals surface area contributed by atoms with Crippen LogP contribution in [-0.2, 0) is 28.6 Å². The van der Waals surface area contributed by atoms with Crippen LogP contribution in [-0.4, -0.2) is 75.5 Å². The zero-order valence-electron chi connectivity index (χ0n) is 35.6.